The van der Waals surface area contributed by atoms with Crippen molar-refractivity contribution in [2.24, 2.45) is 0 Å². The van der Waals surface area contributed by atoms with E-state index in [1.165, 1.54) is 54.1 Å². The SMILES string of the molecule is COc1ccc(S(=O)(=O)n2c(=O)n(C(C(=O)N3CC[C@H](NC4CCN(C)CC4)C3)c3ccccc3)c3cc(C#N)ccc32)cc1. The number of methoxy groups -OCH3 is 1. The van der Waals surface area contributed by atoms with Crippen LogP contribution in [0.4, 0.5) is 0 Å². The number of hydrogen-bond acceptors (Lipinski definition) is 8. The maximum absolute atomic E-state index is 14.5. The third-order valence-electron chi connectivity index (χ3n) is 8.86. The fraction of sp³-hybridized carbons (Fsp3) is 0.364. The Hall–Kier alpha value is -4.44. The van der Waals surface area contributed by atoms with Crippen LogP contribution >= 0.6 is 0 Å². The van der Waals surface area contributed by atoms with Crippen LogP contribution in [0, 0.1) is 11.3 Å². The van der Waals surface area contributed by atoms with Gasteiger partial charge < -0.3 is 19.9 Å². The Bertz CT molecular complexity index is 1910. The van der Waals surface area contributed by atoms with Crippen molar-refractivity contribution >= 4 is 27.0 Å². The van der Waals surface area contributed by atoms with E-state index in [4.69, 9.17) is 4.74 Å². The van der Waals surface area contributed by atoms with Crippen LogP contribution in [0.25, 0.3) is 11.0 Å². The molecule has 0 spiro atoms. The Morgan fingerprint density at radius 1 is 0.956 bits per heavy atom. The molecule has 1 N–H and O–H groups in total. The minimum atomic E-state index is -4.40. The smallest absolute Gasteiger partial charge is 0.344 e. The van der Waals surface area contributed by atoms with Gasteiger partial charge in [-0.15, -0.1) is 0 Å². The highest BCUT2D eigenvalue weighted by Gasteiger charge is 2.37. The predicted octanol–water partition coefficient (Wildman–Crippen LogP) is 2.79. The van der Waals surface area contributed by atoms with E-state index >= 15 is 0 Å². The molecule has 0 aliphatic carbocycles. The van der Waals surface area contributed by atoms with E-state index in [9.17, 15) is 23.3 Å². The van der Waals surface area contributed by atoms with Crippen LogP contribution in [0.2, 0.25) is 0 Å². The highest BCUT2D eigenvalue weighted by atomic mass is 32.2. The summed E-state index contributed by atoms with van der Waals surface area (Å²) in [5, 5.41) is 13.4. The van der Waals surface area contributed by atoms with Gasteiger partial charge in [0, 0.05) is 25.2 Å². The summed E-state index contributed by atoms with van der Waals surface area (Å²) in [6.07, 6.45) is 2.87. The van der Waals surface area contributed by atoms with E-state index in [0.29, 0.717) is 30.4 Å². The lowest BCUT2D eigenvalue weighted by molar-refractivity contribution is -0.132. The van der Waals surface area contributed by atoms with Gasteiger partial charge >= 0.3 is 5.69 Å². The molecule has 1 amide bonds. The number of ether oxygens (including phenoxy) is 1. The van der Waals surface area contributed by atoms with E-state index in [2.05, 4.69) is 23.3 Å². The number of rotatable bonds is 8. The second-order valence-corrected chi connectivity index (χ2v) is 13.5. The maximum atomic E-state index is 14.5. The molecule has 2 saturated heterocycles. The number of fused-ring (bicyclic) bond motifs is 1. The highest BCUT2D eigenvalue weighted by Crippen LogP contribution is 2.29. The standard InChI is InChI=1S/C33H36N6O5S/c1-36-17-14-25(15-18-36)35-26-16-19-37(22-26)32(40)31(24-6-4-3-5-7-24)38-30-20-23(21-34)8-13-29(30)39(33(38)41)45(42,43)28-11-9-27(44-2)10-12-28/h3-13,20,25-26,31,35H,14-19,22H2,1-2H3/t26-,31?/m0/s1. The number of aromatic nitrogens is 2. The van der Waals surface area contributed by atoms with Crippen molar-refractivity contribution in [3.8, 4) is 11.8 Å². The Kier molecular flexibility index (Phi) is 8.50. The number of carbonyl (C=O) groups excluding carboxylic acids is 1. The van der Waals surface area contributed by atoms with Crippen molar-refractivity contribution in [1.82, 2.24) is 23.7 Å². The van der Waals surface area contributed by atoms with Crippen molar-refractivity contribution in [3.63, 3.8) is 0 Å². The van der Waals surface area contributed by atoms with Gasteiger partial charge in [-0.1, -0.05) is 30.3 Å². The quantitative estimate of drug-likeness (QED) is 0.316. The van der Waals surface area contributed by atoms with Gasteiger partial charge in [-0.2, -0.15) is 9.23 Å². The van der Waals surface area contributed by atoms with Gasteiger partial charge in [0.25, 0.3) is 15.9 Å². The van der Waals surface area contributed by atoms with Gasteiger partial charge in [0.05, 0.1) is 34.7 Å². The maximum Gasteiger partial charge on any atom is 0.344 e. The van der Waals surface area contributed by atoms with Gasteiger partial charge in [-0.3, -0.25) is 9.36 Å². The number of benzene rings is 3. The molecule has 4 aromatic rings. The number of carbonyl (C=O) groups is 1. The number of piperidine rings is 1. The van der Waals surface area contributed by atoms with Gasteiger partial charge in [-0.05, 0) is 87.4 Å². The average Bonchev–Trinajstić information content (AvgIpc) is 3.64. The van der Waals surface area contributed by atoms with Crippen molar-refractivity contribution < 1.29 is 17.9 Å². The third-order valence-corrected chi connectivity index (χ3v) is 10.6. The van der Waals surface area contributed by atoms with Crippen LogP contribution in [0.1, 0.15) is 36.4 Å². The summed E-state index contributed by atoms with van der Waals surface area (Å²) in [7, 11) is -0.807. The molecule has 1 unspecified atom stereocenters. The van der Waals surface area contributed by atoms with Gasteiger partial charge in [0.2, 0.25) is 0 Å². The number of nitriles is 1. The molecule has 11 nitrogen and oxygen atoms in total. The number of nitrogens with zero attached hydrogens (tertiary/aromatic N) is 5. The minimum absolute atomic E-state index is 0.0757. The van der Waals surface area contributed by atoms with Crippen molar-refractivity contribution in [3.05, 3.63) is 94.4 Å². The fourth-order valence-corrected chi connectivity index (χ4v) is 7.81. The van der Waals surface area contributed by atoms with Gasteiger partial charge in [-0.25, -0.2) is 13.2 Å². The Labute approximate surface area is 262 Å². The summed E-state index contributed by atoms with van der Waals surface area (Å²) >= 11 is 0. The lowest BCUT2D eigenvalue weighted by Crippen LogP contribution is -2.47. The molecule has 3 heterocycles. The molecular weight excluding hydrogens is 592 g/mol. The van der Waals surface area contributed by atoms with Crippen molar-refractivity contribution in [1.29, 1.82) is 5.26 Å². The third kappa shape index (κ3) is 5.86. The van der Waals surface area contributed by atoms with Crippen molar-refractivity contribution in [2.75, 3.05) is 40.3 Å². The monoisotopic (exact) mass is 628 g/mol. The summed E-state index contributed by atoms with van der Waals surface area (Å²) in [5.74, 6) is 0.158. The fourth-order valence-electron chi connectivity index (χ4n) is 6.41. The molecule has 0 radical (unpaired) electrons. The number of hydrogen-bond donors (Lipinski definition) is 1. The zero-order valence-corrected chi connectivity index (χ0v) is 26.1. The first-order valence-electron chi connectivity index (χ1n) is 15.1. The zero-order valence-electron chi connectivity index (χ0n) is 25.3. The van der Waals surface area contributed by atoms with E-state index in [1.807, 2.05) is 6.07 Å². The predicted molar refractivity (Wildman–Crippen MR) is 170 cm³/mol. The van der Waals surface area contributed by atoms with E-state index in [-0.39, 0.29) is 33.4 Å². The number of amides is 1. The molecule has 0 bridgehead atoms. The number of imidazole rings is 1. The Balaban J connectivity index is 1.44. The lowest BCUT2D eigenvalue weighted by Gasteiger charge is -2.31. The molecule has 0 saturated carbocycles. The second kappa shape index (κ2) is 12.5. The van der Waals surface area contributed by atoms with Crippen LogP contribution < -0.4 is 15.7 Å². The molecule has 2 aliphatic rings. The molecular formula is C33H36N6O5S. The van der Waals surface area contributed by atoms with Crippen LogP contribution in [-0.4, -0.2) is 85.1 Å². The summed E-state index contributed by atoms with van der Waals surface area (Å²) in [4.78, 5) is 32.8. The molecule has 12 heteroatoms. The number of likely N-dealkylation sites (tertiary alicyclic amines) is 2. The van der Waals surface area contributed by atoms with Crippen LogP contribution in [-0.2, 0) is 14.8 Å². The molecule has 45 heavy (non-hydrogen) atoms. The average molecular weight is 629 g/mol. The normalized spacial score (nSPS) is 18.6. The highest BCUT2D eigenvalue weighted by molar-refractivity contribution is 7.90. The van der Waals surface area contributed by atoms with E-state index in [1.54, 1.807) is 29.2 Å². The Morgan fingerprint density at radius 3 is 2.31 bits per heavy atom. The first kappa shape index (κ1) is 30.6. The molecule has 1 aromatic heterocycles. The topological polar surface area (TPSA) is 130 Å². The molecule has 6 rings (SSSR count). The molecule has 2 atom stereocenters. The first-order chi connectivity index (χ1) is 21.7. The van der Waals surface area contributed by atoms with Crippen LogP contribution in [0.15, 0.2) is 82.5 Å². The van der Waals surface area contributed by atoms with Gasteiger partial charge in [0.1, 0.15) is 11.8 Å². The van der Waals surface area contributed by atoms with Crippen LogP contribution in [0.5, 0.6) is 5.75 Å². The van der Waals surface area contributed by atoms with Crippen molar-refractivity contribution in [2.45, 2.75) is 42.3 Å². The van der Waals surface area contributed by atoms with E-state index < -0.39 is 21.8 Å². The first-order valence-corrected chi connectivity index (χ1v) is 16.5. The molecule has 2 aliphatic heterocycles. The van der Waals surface area contributed by atoms with Gasteiger partial charge in [0.15, 0.2) is 0 Å². The largest absolute Gasteiger partial charge is 0.497 e. The second-order valence-electron chi connectivity index (χ2n) is 11.7. The minimum Gasteiger partial charge on any atom is -0.497 e. The van der Waals surface area contributed by atoms with E-state index in [0.717, 1.165) is 36.3 Å². The lowest BCUT2D eigenvalue weighted by atomic mass is 10.0. The summed E-state index contributed by atoms with van der Waals surface area (Å²) in [6, 6.07) is 20.5. The Morgan fingerprint density at radius 2 is 1.64 bits per heavy atom. The molecule has 3 aromatic carbocycles. The number of nitrogens with one attached hydrogen (secondary N) is 1. The summed E-state index contributed by atoms with van der Waals surface area (Å²) < 4.78 is 35.2. The summed E-state index contributed by atoms with van der Waals surface area (Å²) in [6.45, 7) is 3.04. The summed E-state index contributed by atoms with van der Waals surface area (Å²) in [5.41, 5.74) is 0.140. The molecule has 2 fully saturated rings. The van der Waals surface area contributed by atoms with Crippen LogP contribution in [0.3, 0.4) is 0 Å². The zero-order chi connectivity index (χ0) is 31.7. The molecule has 234 valence electrons.